The first kappa shape index (κ1) is 11.0. The molecule has 2 nitrogen and oxygen atoms in total. The molecule has 2 aromatic carbocycles. The number of hydrogen-bond donors (Lipinski definition) is 1. The number of hydrogen-bond acceptors (Lipinski definition) is 2. The van der Waals surface area contributed by atoms with Crippen molar-refractivity contribution < 1.29 is 5.11 Å². The number of aliphatic hydroxyl groups excluding tert-OH is 1. The number of rotatable bonds is 1. The van der Waals surface area contributed by atoms with Gasteiger partial charge in [-0.1, -0.05) is 30.3 Å². The Morgan fingerprint density at radius 3 is 2.50 bits per heavy atom. The van der Waals surface area contributed by atoms with E-state index in [0.717, 1.165) is 29.5 Å². The van der Waals surface area contributed by atoms with E-state index in [-0.39, 0.29) is 6.10 Å². The summed E-state index contributed by atoms with van der Waals surface area (Å²) in [6.07, 6.45) is 1.47. The Morgan fingerprint density at radius 1 is 1.06 bits per heavy atom. The monoisotopic (exact) mass is 235 g/mol. The number of nitriles is 1. The van der Waals surface area contributed by atoms with Gasteiger partial charge in [0.05, 0.1) is 17.7 Å². The minimum Gasteiger partial charge on any atom is -0.388 e. The molecular weight excluding hydrogens is 222 g/mol. The molecule has 0 saturated carbocycles. The molecule has 0 bridgehead atoms. The van der Waals surface area contributed by atoms with E-state index in [1.165, 1.54) is 5.56 Å². The van der Waals surface area contributed by atoms with Gasteiger partial charge in [0, 0.05) is 0 Å². The van der Waals surface area contributed by atoms with Crippen molar-refractivity contribution in [2.45, 2.75) is 18.9 Å². The van der Waals surface area contributed by atoms with E-state index in [0.29, 0.717) is 5.56 Å². The van der Waals surface area contributed by atoms with E-state index in [1.54, 1.807) is 0 Å². The zero-order valence-corrected chi connectivity index (χ0v) is 9.93. The van der Waals surface area contributed by atoms with Gasteiger partial charge in [0.2, 0.25) is 0 Å². The second kappa shape index (κ2) is 4.29. The quantitative estimate of drug-likeness (QED) is 0.824. The largest absolute Gasteiger partial charge is 0.388 e. The first-order chi connectivity index (χ1) is 8.78. The van der Waals surface area contributed by atoms with Crippen LogP contribution in [-0.4, -0.2) is 5.11 Å². The van der Waals surface area contributed by atoms with E-state index < -0.39 is 0 Å². The van der Waals surface area contributed by atoms with Crippen LogP contribution in [-0.2, 0) is 6.42 Å². The third kappa shape index (κ3) is 1.79. The molecule has 0 heterocycles. The Kier molecular flexibility index (Phi) is 2.62. The van der Waals surface area contributed by atoms with Crippen molar-refractivity contribution in [3.05, 3.63) is 59.2 Å². The maximum Gasteiger partial charge on any atom is 0.0991 e. The van der Waals surface area contributed by atoms with Gasteiger partial charge in [0.25, 0.3) is 0 Å². The number of aryl methyl sites for hydroxylation is 1. The first-order valence-corrected chi connectivity index (χ1v) is 6.09. The molecule has 0 fully saturated rings. The van der Waals surface area contributed by atoms with Gasteiger partial charge >= 0.3 is 0 Å². The number of fused-ring (bicyclic) bond motifs is 1. The number of aliphatic hydroxyl groups is 1. The van der Waals surface area contributed by atoms with Crippen molar-refractivity contribution >= 4 is 0 Å². The van der Waals surface area contributed by atoms with Crippen LogP contribution in [0.1, 0.15) is 29.2 Å². The Labute approximate surface area is 106 Å². The summed E-state index contributed by atoms with van der Waals surface area (Å²) in [5, 5.41) is 18.6. The molecule has 1 N–H and O–H groups in total. The van der Waals surface area contributed by atoms with Gasteiger partial charge in [-0.05, 0) is 47.2 Å². The smallest absolute Gasteiger partial charge is 0.0991 e. The molecule has 2 heteroatoms. The van der Waals surface area contributed by atoms with Crippen molar-refractivity contribution in [3.63, 3.8) is 0 Å². The predicted molar refractivity (Wildman–Crippen MR) is 69.9 cm³/mol. The van der Waals surface area contributed by atoms with E-state index in [9.17, 15) is 5.11 Å². The molecule has 0 saturated heterocycles. The van der Waals surface area contributed by atoms with E-state index in [1.807, 2.05) is 36.4 Å². The predicted octanol–water partition coefficient (Wildman–Crippen LogP) is 3.20. The topological polar surface area (TPSA) is 44.0 Å². The Balaban J connectivity index is 2.00. The number of nitrogens with zero attached hydrogens (tertiary/aromatic N) is 1. The third-order valence-corrected chi connectivity index (χ3v) is 3.54. The third-order valence-electron chi connectivity index (χ3n) is 3.54. The molecule has 0 radical (unpaired) electrons. The van der Waals surface area contributed by atoms with Crippen LogP contribution in [0, 0.1) is 11.3 Å². The van der Waals surface area contributed by atoms with Crippen molar-refractivity contribution in [1.82, 2.24) is 0 Å². The summed E-state index contributed by atoms with van der Waals surface area (Å²) in [7, 11) is 0. The second-order valence-electron chi connectivity index (χ2n) is 4.66. The second-order valence-corrected chi connectivity index (χ2v) is 4.66. The van der Waals surface area contributed by atoms with Crippen LogP contribution in [0.2, 0.25) is 0 Å². The minimum absolute atomic E-state index is 0.296. The number of benzene rings is 2. The first-order valence-electron chi connectivity index (χ1n) is 6.09. The Morgan fingerprint density at radius 2 is 1.78 bits per heavy atom. The lowest BCUT2D eigenvalue weighted by Gasteiger charge is -2.07. The molecule has 0 aromatic heterocycles. The van der Waals surface area contributed by atoms with Crippen LogP contribution in [0.4, 0.5) is 0 Å². The summed E-state index contributed by atoms with van der Waals surface area (Å²) < 4.78 is 0. The molecule has 18 heavy (non-hydrogen) atoms. The van der Waals surface area contributed by atoms with Crippen molar-refractivity contribution in [2.75, 3.05) is 0 Å². The lowest BCUT2D eigenvalue weighted by atomic mass is 9.99. The lowest BCUT2D eigenvalue weighted by molar-refractivity contribution is 0.180. The molecule has 1 aliphatic carbocycles. The zero-order valence-electron chi connectivity index (χ0n) is 9.93. The highest BCUT2D eigenvalue weighted by molar-refractivity contribution is 5.66. The fourth-order valence-corrected chi connectivity index (χ4v) is 2.51. The van der Waals surface area contributed by atoms with E-state index in [4.69, 9.17) is 5.26 Å². The Hall–Kier alpha value is -2.11. The lowest BCUT2D eigenvalue weighted by Crippen LogP contribution is -1.90. The summed E-state index contributed by atoms with van der Waals surface area (Å²) >= 11 is 0. The average Bonchev–Trinajstić information content (AvgIpc) is 2.80. The molecule has 88 valence electrons. The molecule has 3 rings (SSSR count). The standard InChI is InChI=1S/C16H13NO/c17-10-11-1-3-12(4-2-11)13-5-7-15-14(9-13)6-8-16(15)18/h1-5,7,9,16,18H,6,8H2/t16-/m1/s1. The fraction of sp³-hybridized carbons (Fsp3) is 0.188. The van der Waals surface area contributed by atoms with Crippen LogP contribution in [0.5, 0.6) is 0 Å². The minimum atomic E-state index is -0.296. The van der Waals surface area contributed by atoms with Crippen LogP contribution in [0.25, 0.3) is 11.1 Å². The summed E-state index contributed by atoms with van der Waals surface area (Å²) in [6.45, 7) is 0. The summed E-state index contributed by atoms with van der Waals surface area (Å²) in [6, 6.07) is 15.9. The summed E-state index contributed by atoms with van der Waals surface area (Å²) in [4.78, 5) is 0. The molecule has 0 aliphatic heterocycles. The van der Waals surface area contributed by atoms with Crippen LogP contribution in [0.3, 0.4) is 0 Å². The van der Waals surface area contributed by atoms with Crippen LogP contribution >= 0.6 is 0 Å². The maximum absolute atomic E-state index is 9.78. The van der Waals surface area contributed by atoms with Gasteiger partial charge in [-0.3, -0.25) is 0 Å². The van der Waals surface area contributed by atoms with Crippen LogP contribution in [0.15, 0.2) is 42.5 Å². The summed E-state index contributed by atoms with van der Waals surface area (Å²) in [5.41, 5.74) is 5.23. The average molecular weight is 235 g/mol. The molecule has 1 aliphatic rings. The highest BCUT2D eigenvalue weighted by Crippen LogP contribution is 2.33. The summed E-state index contributed by atoms with van der Waals surface area (Å²) in [5.74, 6) is 0. The van der Waals surface area contributed by atoms with E-state index >= 15 is 0 Å². The van der Waals surface area contributed by atoms with Crippen molar-refractivity contribution in [3.8, 4) is 17.2 Å². The molecule has 0 unspecified atom stereocenters. The molecule has 0 spiro atoms. The van der Waals surface area contributed by atoms with Gasteiger partial charge in [-0.2, -0.15) is 5.26 Å². The van der Waals surface area contributed by atoms with Gasteiger partial charge < -0.3 is 5.11 Å². The fourth-order valence-electron chi connectivity index (χ4n) is 2.51. The maximum atomic E-state index is 9.78. The van der Waals surface area contributed by atoms with Gasteiger partial charge in [-0.15, -0.1) is 0 Å². The highest BCUT2D eigenvalue weighted by atomic mass is 16.3. The van der Waals surface area contributed by atoms with E-state index in [2.05, 4.69) is 12.1 Å². The van der Waals surface area contributed by atoms with Crippen LogP contribution < -0.4 is 0 Å². The zero-order chi connectivity index (χ0) is 12.5. The van der Waals surface area contributed by atoms with Crippen molar-refractivity contribution in [1.29, 1.82) is 5.26 Å². The van der Waals surface area contributed by atoms with Crippen molar-refractivity contribution in [2.24, 2.45) is 0 Å². The van der Waals surface area contributed by atoms with Gasteiger partial charge in [0.1, 0.15) is 0 Å². The molecule has 0 amide bonds. The van der Waals surface area contributed by atoms with Gasteiger partial charge in [0.15, 0.2) is 0 Å². The molecular formula is C16H13NO. The molecule has 2 aromatic rings. The normalized spacial score (nSPS) is 17.2. The van der Waals surface area contributed by atoms with Gasteiger partial charge in [-0.25, -0.2) is 0 Å². The SMILES string of the molecule is N#Cc1ccc(-c2ccc3c(c2)CC[C@H]3O)cc1. The highest BCUT2D eigenvalue weighted by Gasteiger charge is 2.20. The molecule has 1 atom stereocenters. The Bertz CT molecular complexity index is 623.